The Hall–Kier alpha value is 0.307. The van der Waals surface area contributed by atoms with Crippen molar-refractivity contribution in [3.05, 3.63) is 0 Å². The van der Waals surface area contributed by atoms with Gasteiger partial charge in [0, 0.05) is 0 Å². The molecule has 0 fully saturated rings. The van der Waals surface area contributed by atoms with E-state index in [0.29, 0.717) is 0 Å². The van der Waals surface area contributed by atoms with Gasteiger partial charge in [0.25, 0.3) is 6.47 Å². The third kappa shape index (κ3) is 38.1. The van der Waals surface area contributed by atoms with Gasteiger partial charge < -0.3 is 25.5 Å². The van der Waals surface area contributed by atoms with Crippen molar-refractivity contribution in [2.75, 3.05) is 0 Å². The fourth-order valence-corrected chi connectivity index (χ4v) is 0.714. The Labute approximate surface area is 191 Å². The van der Waals surface area contributed by atoms with Gasteiger partial charge in [-0.1, -0.05) is 0 Å². The van der Waals surface area contributed by atoms with Gasteiger partial charge in [0.15, 0.2) is 5.60 Å². The van der Waals surface area contributed by atoms with E-state index in [-0.39, 0.29) is 84.4 Å². The zero-order valence-corrected chi connectivity index (χ0v) is 10.8. The molecule has 7 N–H and O–H groups in total. The van der Waals surface area contributed by atoms with Crippen molar-refractivity contribution in [3.8, 4) is 0 Å². The standard InChI is InChI=1S/C6H8O7.CH2O2.Li.2Na.H2O4S.3H/c7-3(8)1-6(13,5(11)12)2-4(9)10;2-1-3;;;;1-5(2,3)4;;;/h13H,1-2H2,(H,7,8)(H,9,10)(H,11,12);1H,(H,2,3);;;;(H2,1,2,3,4);;;. The molecule has 0 bridgehead atoms. The summed E-state index contributed by atoms with van der Waals surface area (Å²) >= 11 is 0. The second-order valence-corrected chi connectivity index (χ2v) is 3.93. The average molecular weight is 392 g/mol. The summed E-state index contributed by atoms with van der Waals surface area (Å²) in [4.78, 5) is 38.8. The van der Waals surface area contributed by atoms with Gasteiger partial charge in [-0.05, 0) is 0 Å². The zero-order valence-electron chi connectivity index (χ0n) is 9.98. The normalized spacial score (nSPS) is 8.79. The second-order valence-electron chi connectivity index (χ2n) is 3.03. The first-order chi connectivity index (χ1) is 9.19. The monoisotopic (exact) mass is 392 g/mol. The summed E-state index contributed by atoms with van der Waals surface area (Å²) in [6, 6.07) is 0. The van der Waals surface area contributed by atoms with Gasteiger partial charge in [-0.25, -0.2) is 4.79 Å². The number of carbonyl (C=O) groups is 4. The molecule has 0 atom stereocenters. The van der Waals surface area contributed by atoms with Crippen LogP contribution in [0.5, 0.6) is 0 Å². The van der Waals surface area contributed by atoms with Gasteiger partial charge in [0.1, 0.15) is 0 Å². The molecule has 13 nitrogen and oxygen atoms in total. The van der Waals surface area contributed by atoms with Gasteiger partial charge in [-0.2, -0.15) is 8.42 Å². The van der Waals surface area contributed by atoms with Crippen LogP contribution in [0.4, 0.5) is 0 Å². The maximum atomic E-state index is 10.3. The van der Waals surface area contributed by atoms with E-state index in [2.05, 4.69) is 0 Å². The van der Waals surface area contributed by atoms with E-state index < -0.39 is 46.7 Å². The summed E-state index contributed by atoms with van der Waals surface area (Å²) < 4.78 is 31.6. The molecule has 0 rings (SSSR count). The van der Waals surface area contributed by atoms with E-state index in [1.165, 1.54) is 0 Å². The SMILES string of the molecule is O=C(O)CC(O)(CC(=O)O)C(=O)O.O=CO.O=S(=O)(O)O.[LiH].[NaH].[NaH]. The number of carboxylic acid groups (broad SMARTS) is 4. The van der Waals surface area contributed by atoms with Crippen molar-refractivity contribution in [1.82, 2.24) is 0 Å². The molecule has 0 saturated carbocycles. The van der Waals surface area contributed by atoms with Crippen molar-refractivity contribution in [2.45, 2.75) is 18.4 Å². The quantitative estimate of drug-likeness (QED) is 0.134. The summed E-state index contributed by atoms with van der Waals surface area (Å²) in [5, 5.41) is 40.7. The fraction of sp³-hybridized carbons (Fsp3) is 0.429. The van der Waals surface area contributed by atoms with Gasteiger partial charge >= 0.3 is 106 Å². The summed E-state index contributed by atoms with van der Waals surface area (Å²) in [5.74, 6) is -5.02. The Balaban J connectivity index is -0.0000000629. The second kappa shape index (κ2) is 19.6. The van der Waals surface area contributed by atoms with E-state index in [9.17, 15) is 14.4 Å². The van der Waals surface area contributed by atoms with Crippen LogP contribution in [0.15, 0.2) is 0 Å². The van der Waals surface area contributed by atoms with Crippen LogP contribution in [0.25, 0.3) is 0 Å². The Bertz CT molecular complexity index is 455. The molecule has 0 aliphatic rings. The molecule has 24 heavy (non-hydrogen) atoms. The molecule has 0 saturated heterocycles. The number of aliphatic hydroxyl groups is 1. The van der Waals surface area contributed by atoms with Crippen LogP contribution in [0.2, 0.25) is 0 Å². The predicted molar refractivity (Wildman–Crippen MR) is 81.4 cm³/mol. The van der Waals surface area contributed by atoms with E-state index in [1.54, 1.807) is 0 Å². The van der Waals surface area contributed by atoms with Crippen molar-refractivity contribution in [2.24, 2.45) is 0 Å². The van der Waals surface area contributed by atoms with Crippen molar-refractivity contribution in [1.29, 1.82) is 0 Å². The summed E-state index contributed by atoms with van der Waals surface area (Å²) in [6.07, 6.45) is -2.29. The van der Waals surface area contributed by atoms with E-state index in [1.807, 2.05) is 0 Å². The maximum absolute atomic E-state index is 10.3. The van der Waals surface area contributed by atoms with Crippen LogP contribution >= 0.6 is 0 Å². The summed E-state index contributed by atoms with van der Waals surface area (Å²) in [5.41, 5.74) is -2.74. The molecule has 0 unspecified atom stereocenters. The first-order valence-electron chi connectivity index (χ1n) is 4.36. The number of hydrogen-bond acceptors (Lipinski definition) is 7. The Morgan fingerprint density at radius 2 is 1.08 bits per heavy atom. The van der Waals surface area contributed by atoms with Crippen molar-refractivity contribution < 1.29 is 62.2 Å². The third-order valence-corrected chi connectivity index (χ3v) is 1.29. The molecule has 0 amide bonds. The van der Waals surface area contributed by atoms with Gasteiger partial charge in [-0.15, -0.1) is 0 Å². The topological polar surface area (TPSA) is 244 Å². The zero-order chi connectivity index (χ0) is 17.9. The van der Waals surface area contributed by atoms with Crippen LogP contribution in [0.1, 0.15) is 12.8 Å². The molecule has 0 aromatic carbocycles. The molecule has 0 radical (unpaired) electrons. The molecule has 0 aromatic rings. The molecular weight excluding hydrogens is 377 g/mol. The molecule has 17 heteroatoms. The summed E-state index contributed by atoms with van der Waals surface area (Å²) in [7, 11) is -4.67. The van der Waals surface area contributed by atoms with Crippen LogP contribution in [-0.2, 0) is 29.6 Å². The molecular formula is C7H15LiNa2O13S. The molecule has 0 aliphatic heterocycles. The van der Waals surface area contributed by atoms with Crippen molar-refractivity contribution >= 4 is 113 Å². The van der Waals surface area contributed by atoms with Gasteiger partial charge in [0.05, 0.1) is 12.8 Å². The third-order valence-electron chi connectivity index (χ3n) is 1.29. The summed E-state index contributed by atoms with van der Waals surface area (Å²) in [6.45, 7) is -0.250. The van der Waals surface area contributed by atoms with E-state index >= 15 is 0 Å². The number of carboxylic acids is 3. The number of aliphatic carboxylic acids is 3. The molecule has 0 spiro atoms. The minimum absolute atomic E-state index is 0. The number of hydrogen-bond donors (Lipinski definition) is 7. The average Bonchev–Trinajstić information content (AvgIpc) is 2.12. The first kappa shape index (κ1) is 39.4. The Morgan fingerprint density at radius 1 is 0.917 bits per heavy atom. The molecule has 0 heterocycles. The van der Waals surface area contributed by atoms with Gasteiger partial charge in [0.2, 0.25) is 0 Å². The van der Waals surface area contributed by atoms with E-state index in [0.717, 1.165) is 0 Å². The molecule has 0 aromatic heterocycles. The van der Waals surface area contributed by atoms with Crippen LogP contribution in [-0.4, -0.2) is 151 Å². The Morgan fingerprint density at radius 3 is 1.17 bits per heavy atom. The minimum atomic E-state index is -4.67. The van der Waals surface area contributed by atoms with Crippen LogP contribution in [0.3, 0.4) is 0 Å². The van der Waals surface area contributed by atoms with Gasteiger partial charge in [-0.3, -0.25) is 23.5 Å². The van der Waals surface area contributed by atoms with Crippen LogP contribution in [0, 0.1) is 0 Å². The van der Waals surface area contributed by atoms with Crippen molar-refractivity contribution in [3.63, 3.8) is 0 Å². The fourth-order valence-electron chi connectivity index (χ4n) is 0.714. The molecule has 130 valence electrons. The van der Waals surface area contributed by atoms with E-state index in [4.69, 9.17) is 47.9 Å². The van der Waals surface area contributed by atoms with Crippen LogP contribution < -0.4 is 0 Å². The first-order valence-corrected chi connectivity index (χ1v) is 5.76. The predicted octanol–water partition coefficient (Wildman–Crippen LogP) is -4.15. The Kier molecular flexibility index (Phi) is 32.2. The molecule has 0 aliphatic carbocycles. The number of rotatable bonds is 5.